The van der Waals surface area contributed by atoms with Gasteiger partial charge in [-0.3, -0.25) is 4.79 Å². The van der Waals surface area contributed by atoms with Crippen LogP contribution in [0.15, 0.2) is 12.1 Å². The van der Waals surface area contributed by atoms with Crippen molar-refractivity contribution in [3.8, 4) is 0 Å². The fourth-order valence-electron chi connectivity index (χ4n) is 3.14. The second kappa shape index (κ2) is 5.25. The molecule has 3 nitrogen and oxygen atoms in total. The number of carbonyl (C=O) groups excluding carboxylic acids is 1. The maximum atomic E-state index is 12.0. The van der Waals surface area contributed by atoms with Crippen LogP contribution in [0.25, 0.3) is 0 Å². The summed E-state index contributed by atoms with van der Waals surface area (Å²) >= 11 is 1.84. The summed E-state index contributed by atoms with van der Waals surface area (Å²) in [4.78, 5) is 16.8. The number of hydrogen-bond acceptors (Lipinski definition) is 3. The first kappa shape index (κ1) is 13.1. The largest absolute Gasteiger partial charge is 0.381 e. The molecule has 0 bridgehead atoms. The monoisotopic (exact) mass is 279 g/mol. The number of hydrogen-bond donors (Lipinski definition) is 0. The molecule has 1 aromatic rings. The summed E-state index contributed by atoms with van der Waals surface area (Å²) in [5, 5.41) is 0. The van der Waals surface area contributed by atoms with Gasteiger partial charge >= 0.3 is 0 Å². The Morgan fingerprint density at radius 1 is 1.42 bits per heavy atom. The molecule has 0 N–H and O–H groups in total. The van der Waals surface area contributed by atoms with Gasteiger partial charge in [0.15, 0.2) is 0 Å². The third kappa shape index (κ3) is 2.84. The van der Waals surface area contributed by atoms with E-state index in [2.05, 4.69) is 24.0 Å². The fourth-order valence-corrected chi connectivity index (χ4v) is 4.02. The lowest BCUT2D eigenvalue weighted by Gasteiger charge is -2.39. The van der Waals surface area contributed by atoms with E-state index < -0.39 is 0 Å². The van der Waals surface area contributed by atoms with E-state index in [1.165, 1.54) is 9.75 Å². The maximum absolute atomic E-state index is 12.0. The predicted octanol–water partition coefficient (Wildman–Crippen LogP) is 2.63. The van der Waals surface area contributed by atoms with Crippen molar-refractivity contribution < 1.29 is 9.53 Å². The highest BCUT2D eigenvalue weighted by atomic mass is 32.1. The van der Waals surface area contributed by atoms with E-state index in [-0.39, 0.29) is 5.41 Å². The molecule has 1 spiro atoms. The lowest BCUT2D eigenvalue weighted by molar-refractivity contribution is -0.137. The van der Waals surface area contributed by atoms with E-state index >= 15 is 0 Å². The van der Waals surface area contributed by atoms with Crippen molar-refractivity contribution in [2.75, 3.05) is 26.3 Å². The van der Waals surface area contributed by atoms with Gasteiger partial charge in [-0.1, -0.05) is 0 Å². The number of aryl methyl sites for hydroxylation is 1. The average molecular weight is 279 g/mol. The van der Waals surface area contributed by atoms with Crippen LogP contribution in [-0.4, -0.2) is 37.1 Å². The summed E-state index contributed by atoms with van der Waals surface area (Å²) in [6.45, 7) is 5.60. The molecule has 2 saturated heterocycles. The normalized spacial score (nSPS) is 27.4. The van der Waals surface area contributed by atoms with Crippen LogP contribution in [-0.2, 0) is 16.0 Å². The van der Waals surface area contributed by atoms with Crippen molar-refractivity contribution in [2.45, 2.75) is 32.6 Å². The zero-order chi connectivity index (χ0) is 13.3. The molecule has 104 valence electrons. The lowest BCUT2D eigenvalue weighted by atomic mass is 9.79. The van der Waals surface area contributed by atoms with Crippen LogP contribution in [0, 0.1) is 12.3 Å². The Hall–Kier alpha value is -0.870. The van der Waals surface area contributed by atoms with Gasteiger partial charge in [-0.2, -0.15) is 0 Å². The van der Waals surface area contributed by atoms with Gasteiger partial charge in [-0.05, 0) is 38.3 Å². The molecule has 19 heavy (non-hydrogen) atoms. The summed E-state index contributed by atoms with van der Waals surface area (Å²) in [6, 6.07) is 4.34. The summed E-state index contributed by atoms with van der Waals surface area (Å²) in [5.41, 5.74) is 0.263. The van der Waals surface area contributed by atoms with Crippen LogP contribution >= 0.6 is 11.3 Å². The molecular formula is C15H21NO2S. The summed E-state index contributed by atoms with van der Waals surface area (Å²) in [7, 11) is 0. The van der Waals surface area contributed by atoms with Gasteiger partial charge in [-0.15, -0.1) is 11.3 Å². The Morgan fingerprint density at radius 3 is 3.00 bits per heavy atom. The Bertz CT molecular complexity index is 462. The van der Waals surface area contributed by atoms with Gasteiger partial charge in [0.05, 0.1) is 6.61 Å². The molecule has 1 aromatic heterocycles. The number of ether oxygens (including phenoxy) is 1. The van der Waals surface area contributed by atoms with Crippen LogP contribution in [0.1, 0.15) is 29.0 Å². The predicted molar refractivity (Wildman–Crippen MR) is 76.4 cm³/mol. The number of carbonyl (C=O) groups is 1. The van der Waals surface area contributed by atoms with Crippen LogP contribution < -0.4 is 0 Å². The molecular weight excluding hydrogens is 258 g/mol. The number of amides is 1. The van der Waals surface area contributed by atoms with Crippen molar-refractivity contribution in [3.63, 3.8) is 0 Å². The van der Waals surface area contributed by atoms with E-state index in [0.29, 0.717) is 12.3 Å². The van der Waals surface area contributed by atoms with Gasteiger partial charge in [0, 0.05) is 41.3 Å². The van der Waals surface area contributed by atoms with Crippen LogP contribution in [0.3, 0.4) is 0 Å². The topological polar surface area (TPSA) is 29.5 Å². The Labute approximate surface area is 118 Å². The first-order chi connectivity index (χ1) is 9.17. The van der Waals surface area contributed by atoms with Crippen LogP contribution in [0.5, 0.6) is 0 Å². The second-order valence-corrected chi connectivity index (χ2v) is 7.25. The summed E-state index contributed by atoms with van der Waals surface area (Å²) in [6.07, 6.45) is 3.82. The molecule has 2 aliphatic heterocycles. The minimum Gasteiger partial charge on any atom is -0.381 e. The van der Waals surface area contributed by atoms with Crippen molar-refractivity contribution in [2.24, 2.45) is 5.41 Å². The Balaban J connectivity index is 1.60. The first-order valence-electron chi connectivity index (χ1n) is 7.08. The third-order valence-corrected chi connectivity index (χ3v) is 5.42. The van der Waals surface area contributed by atoms with E-state index in [1.807, 2.05) is 11.3 Å². The summed E-state index contributed by atoms with van der Waals surface area (Å²) < 4.78 is 5.55. The van der Waals surface area contributed by atoms with E-state index in [9.17, 15) is 4.79 Å². The van der Waals surface area contributed by atoms with Gasteiger partial charge < -0.3 is 9.64 Å². The Kier molecular flexibility index (Phi) is 3.63. The van der Waals surface area contributed by atoms with Gasteiger partial charge in [0.25, 0.3) is 0 Å². The van der Waals surface area contributed by atoms with Crippen LogP contribution in [0.2, 0.25) is 0 Å². The van der Waals surface area contributed by atoms with E-state index in [1.54, 1.807) is 0 Å². The second-order valence-electron chi connectivity index (χ2n) is 5.88. The highest BCUT2D eigenvalue weighted by molar-refractivity contribution is 7.11. The zero-order valence-electron chi connectivity index (χ0n) is 11.5. The molecule has 0 unspecified atom stereocenters. The molecule has 0 saturated carbocycles. The minimum atomic E-state index is 0.263. The van der Waals surface area contributed by atoms with Crippen molar-refractivity contribution >= 4 is 17.2 Å². The van der Waals surface area contributed by atoms with Gasteiger partial charge in [0.1, 0.15) is 0 Å². The third-order valence-electron chi connectivity index (χ3n) is 4.36. The number of nitrogens with zero attached hydrogens (tertiary/aromatic N) is 1. The molecule has 0 aliphatic carbocycles. The fraction of sp³-hybridized carbons (Fsp3) is 0.667. The first-order valence-corrected chi connectivity index (χ1v) is 7.89. The van der Waals surface area contributed by atoms with E-state index in [0.717, 1.165) is 45.6 Å². The van der Waals surface area contributed by atoms with Crippen molar-refractivity contribution in [1.29, 1.82) is 0 Å². The van der Waals surface area contributed by atoms with E-state index in [4.69, 9.17) is 4.74 Å². The van der Waals surface area contributed by atoms with Gasteiger partial charge in [-0.25, -0.2) is 0 Å². The molecule has 0 radical (unpaired) electrons. The molecule has 1 atom stereocenters. The highest BCUT2D eigenvalue weighted by Crippen LogP contribution is 2.38. The SMILES string of the molecule is Cc1ccc(CCN2C[C@@]3(CCOC3)CCC2=O)s1. The van der Waals surface area contributed by atoms with Crippen LogP contribution in [0.4, 0.5) is 0 Å². The maximum Gasteiger partial charge on any atom is 0.222 e. The van der Waals surface area contributed by atoms with Crippen molar-refractivity contribution in [3.05, 3.63) is 21.9 Å². The molecule has 2 fully saturated rings. The Morgan fingerprint density at radius 2 is 2.32 bits per heavy atom. The number of rotatable bonds is 3. The minimum absolute atomic E-state index is 0.263. The molecule has 0 aromatic carbocycles. The number of likely N-dealkylation sites (tertiary alicyclic amines) is 1. The number of piperidine rings is 1. The molecule has 2 aliphatic rings. The molecule has 1 amide bonds. The zero-order valence-corrected chi connectivity index (χ0v) is 12.3. The highest BCUT2D eigenvalue weighted by Gasteiger charge is 2.41. The lowest BCUT2D eigenvalue weighted by Crippen LogP contribution is -2.47. The average Bonchev–Trinajstić information content (AvgIpc) is 3.01. The smallest absolute Gasteiger partial charge is 0.222 e. The standard InChI is InChI=1S/C15H21NO2S/c1-12-2-3-13(19-12)5-8-16-10-15(6-4-14(16)17)7-9-18-11-15/h2-3H,4-11H2,1H3/t15-/m0/s1. The molecule has 3 heterocycles. The quantitative estimate of drug-likeness (QED) is 0.851. The molecule has 3 rings (SSSR count). The van der Waals surface area contributed by atoms with Crippen molar-refractivity contribution in [1.82, 2.24) is 4.90 Å². The molecule has 4 heteroatoms. The van der Waals surface area contributed by atoms with Gasteiger partial charge in [0.2, 0.25) is 5.91 Å². The number of thiophene rings is 1. The summed E-state index contributed by atoms with van der Waals surface area (Å²) in [5.74, 6) is 0.325.